The second kappa shape index (κ2) is 6.19. The highest BCUT2D eigenvalue weighted by Crippen LogP contribution is 2.19. The number of nitrogens with zero attached hydrogens (tertiary/aromatic N) is 2. The van der Waals surface area contributed by atoms with Gasteiger partial charge in [0.1, 0.15) is 12.1 Å². The number of hydrogen-bond donors (Lipinski definition) is 2. The minimum Gasteiger partial charge on any atom is -0.478 e. The maximum Gasteiger partial charge on any atom is 0.221 e. The van der Waals surface area contributed by atoms with Gasteiger partial charge in [0, 0.05) is 13.1 Å². The summed E-state index contributed by atoms with van der Waals surface area (Å²) in [5.74, 6) is 1.49. The first-order chi connectivity index (χ1) is 7.29. The summed E-state index contributed by atoms with van der Waals surface area (Å²) >= 11 is 0. The Morgan fingerprint density at radius 2 is 2.13 bits per heavy atom. The Morgan fingerprint density at radius 3 is 2.80 bits per heavy atom. The Morgan fingerprint density at radius 1 is 1.33 bits per heavy atom. The van der Waals surface area contributed by atoms with Gasteiger partial charge in [0.25, 0.3) is 0 Å². The molecule has 0 aliphatic carbocycles. The van der Waals surface area contributed by atoms with Crippen molar-refractivity contribution in [3.63, 3.8) is 0 Å². The number of nitrogens with one attached hydrogen (secondary N) is 2. The van der Waals surface area contributed by atoms with Crippen LogP contribution in [0, 0.1) is 6.92 Å². The average Bonchev–Trinajstić information content (AvgIpc) is 2.24. The Bertz CT molecular complexity index is 303. The van der Waals surface area contributed by atoms with Crippen molar-refractivity contribution in [2.75, 3.05) is 32.1 Å². The third kappa shape index (κ3) is 3.36. The normalized spacial score (nSPS) is 10.1. The monoisotopic (exact) mass is 210 g/mol. The van der Waals surface area contributed by atoms with E-state index in [1.807, 2.05) is 20.9 Å². The highest BCUT2D eigenvalue weighted by Gasteiger charge is 2.06. The molecule has 15 heavy (non-hydrogen) atoms. The zero-order valence-electron chi connectivity index (χ0n) is 9.50. The van der Waals surface area contributed by atoms with Gasteiger partial charge in [0.05, 0.1) is 12.2 Å². The van der Waals surface area contributed by atoms with Crippen LogP contribution in [0.5, 0.6) is 5.88 Å². The molecule has 0 aliphatic rings. The van der Waals surface area contributed by atoms with Crippen LogP contribution < -0.4 is 15.4 Å². The van der Waals surface area contributed by atoms with Gasteiger partial charge in [0.2, 0.25) is 5.88 Å². The van der Waals surface area contributed by atoms with Gasteiger partial charge in [-0.2, -0.15) is 0 Å². The lowest BCUT2D eigenvalue weighted by Crippen LogP contribution is -2.18. The number of hydrogen-bond acceptors (Lipinski definition) is 5. The van der Waals surface area contributed by atoms with Gasteiger partial charge in [-0.3, -0.25) is 0 Å². The van der Waals surface area contributed by atoms with E-state index in [9.17, 15) is 0 Å². The van der Waals surface area contributed by atoms with E-state index < -0.39 is 0 Å². The summed E-state index contributed by atoms with van der Waals surface area (Å²) < 4.78 is 5.38. The molecule has 0 unspecified atom stereocenters. The topological polar surface area (TPSA) is 59.1 Å². The van der Waals surface area contributed by atoms with Crippen LogP contribution in [0.1, 0.15) is 12.5 Å². The lowest BCUT2D eigenvalue weighted by Gasteiger charge is -2.10. The fourth-order valence-electron chi connectivity index (χ4n) is 1.20. The van der Waals surface area contributed by atoms with Crippen molar-refractivity contribution in [3.8, 4) is 5.88 Å². The van der Waals surface area contributed by atoms with E-state index in [0.29, 0.717) is 12.5 Å². The van der Waals surface area contributed by atoms with Crippen molar-refractivity contribution in [2.45, 2.75) is 13.8 Å². The molecule has 0 saturated heterocycles. The smallest absolute Gasteiger partial charge is 0.221 e. The van der Waals surface area contributed by atoms with Gasteiger partial charge in [-0.05, 0) is 20.9 Å². The largest absolute Gasteiger partial charge is 0.478 e. The molecule has 2 N–H and O–H groups in total. The van der Waals surface area contributed by atoms with Crippen LogP contribution in [-0.4, -0.2) is 36.7 Å². The van der Waals surface area contributed by atoms with Crippen molar-refractivity contribution < 1.29 is 4.74 Å². The fourth-order valence-corrected chi connectivity index (χ4v) is 1.20. The van der Waals surface area contributed by atoms with Crippen molar-refractivity contribution in [2.24, 2.45) is 0 Å². The van der Waals surface area contributed by atoms with Crippen LogP contribution in [0.2, 0.25) is 0 Å². The molecular formula is C10H18N4O. The Labute approximate surface area is 90.3 Å². The quantitative estimate of drug-likeness (QED) is 0.681. The summed E-state index contributed by atoms with van der Waals surface area (Å²) in [6.07, 6.45) is 1.51. The van der Waals surface area contributed by atoms with Crippen LogP contribution in [0.4, 0.5) is 5.82 Å². The van der Waals surface area contributed by atoms with Gasteiger partial charge in [0.15, 0.2) is 0 Å². The van der Waals surface area contributed by atoms with Crippen LogP contribution in [-0.2, 0) is 0 Å². The molecule has 1 aromatic heterocycles. The van der Waals surface area contributed by atoms with Crippen LogP contribution in [0.15, 0.2) is 6.33 Å². The molecule has 1 aromatic rings. The van der Waals surface area contributed by atoms with Crippen LogP contribution >= 0.6 is 0 Å². The molecule has 0 atom stereocenters. The molecular weight excluding hydrogens is 192 g/mol. The first kappa shape index (κ1) is 11.7. The van der Waals surface area contributed by atoms with Gasteiger partial charge < -0.3 is 15.4 Å². The van der Waals surface area contributed by atoms with E-state index in [0.717, 1.165) is 24.5 Å². The van der Waals surface area contributed by atoms with E-state index in [1.165, 1.54) is 6.33 Å². The summed E-state index contributed by atoms with van der Waals surface area (Å²) in [7, 11) is 1.92. The standard InChI is InChI=1S/C10H18N4O/c1-4-15-10-8(2)9(13-7-14-10)12-6-5-11-3/h7,11H,4-6H2,1-3H3,(H,12,13,14). The summed E-state index contributed by atoms with van der Waals surface area (Å²) in [6.45, 7) is 6.24. The molecule has 1 rings (SSSR count). The minimum atomic E-state index is 0.619. The highest BCUT2D eigenvalue weighted by molar-refractivity contribution is 5.47. The molecule has 1 heterocycles. The van der Waals surface area contributed by atoms with E-state index >= 15 is 0 Å². The lowest BCUT2D eigenvalue weighted by molar-refractivity contribution is 0.324. The third-order valence-electron chi connectivity index (χ3n) is 1.99. The number of aromatic nitrogens is 2. The SMILES string of the molecule is CCOc1ncnc(NCCNC)c1C. The Kier molecular flexibility index (Phi) is 4.83. The molecule has 0 aliphatic heterocycles. The molecule has 0 saturated carbocycles. The molecule has 5 nitrogen and oxygen atoms in total. The van der Waals surface area contributed by atoms with E-state index in [1.54, 1.807) is 0 Å². The number of likely N-dealkylation sites (N-methyl/N-ethyl adjacent to an activating group) is 1. The van der Waals surface area contributed by atoms with E-state index in [-0.39, 0.29) is 0 Å². The van der Waals surface area contributed by atoms with Gasteiger partial charge >= 0.3 is 0 Å². The summed E-state index contributed by atoms with van der Waals surface area (Å²) in [5.41, 5.74) is 0.954. The predicted molar refractivity (Wildman–Crippen MR) is 60.4 cm³/mol. The average molecular weight is 210 g/mol. The van der Waals surface area contributed by atoms with Crippen LogP contribution in [0.3, 0.4) is 0 Å². The fraction of sp³-hybridized carbons (Fsp3) is 0.600. The molecule has 0 radical (unpaired) electrons. The zero-order valence-corrected chi connectivity index (χ0v) is 9.50. The molecule has 0 spiro atoms. The Hall–Kier alpha value is -1.36. The lowest BCUT2D eigenvalue weighted by atomic mass is 10.3. The van der Waals surface area contributed by atoms with Crippen molar-refractivity contribution >= 4 is 5.82 Å². The minimum absolute atomic E-state index is 0.619. The van der Waals surface area contributed by atoms with Gasteiger partial charge in [-0.15, -0.1) is 0 Å². The van der Waals surface area contributed by atoms with E-state index in [2.05, 4.69) is 20.6 Å². The Balaban J connectivity index is 2.66. The molecule has 84 valence electrons. The summed E-state index contributed by atoms with van der Waals surface area (Å²) in [6, 6.07) is 0. The predicted octanol–water partition coefficient (Wildman–Crippen LogP) is 0.815. The second-order valence-electron chi connectivity index (χ2n) is 3.12. The van der Waals surface area contributed by atoms with Crippen molar-refractivity contribution in [3.05, 3.63) is 11.9 Å². The molecule has 0 amide bonds. The maximum absolute atomic E-state index is 5.38. The number of anilines is 1. The third-order valence-corrected chi connectivity index (χ3v) is 1.99. The zero-order chi connectivity index (χ0) is 11.1. The van der Waals surface area contributed by atoms with Crippen LogP contribution in [0.25, 0.3) is 0 Å². The second-order valence-corrected chi connectivity index (χ2v) is 3.12. The number of rotatable bonds is 6. The van der Waals surface area contributed by atoms with Crippen molar-refractivity contribution in [1.82, 2.24) is 15.3 Å². The molecule has 0 fully saturated rings. The highest BCUT2D eigenvalue weighted by atomic mass is 16.5. The first-order valence-corrected chi connectivity index (χ1v) is 5.12. The van der Waals surface area contributed by atoms with Gasteiger partial charge in [-0.25, -0.2) is 9.97 Å². The number of ether oxygens (including phenoxy) is 1. The summed E-state index contributed by atoms with van der Waals surface area (Å²) in [4.78, 5) is 8.23. The van der Waals surface area contributed by atoms with E-state index in [4.69, 9.17) is 4.74 Å². The summed E-state index contributed by atoms with van der Waals surface area (Å²) in [5, 5.41) is 6.28. The first-order valence-electron chi connectivity index (χ1n) is 5.12. The molecule has 5 heteroatoms. The van der Waals surface area contributed by atoms with Gasteiger partial charge in [-0.1, -0.05) is 0 Å². The maximum atomic E-state index is 5.38. The molecule has 0 aromatic carbocycles. The van der Waals surface area contributed by atoms with Crippen molar-refractivity contribution in [1.29, 1.82) is 0 Å². The molecule has 0 bridgehead atoms.